The molecular formula is C21H29N5O2. The number of hydrogen-bond acceptors (Lipinski definition) is 6. The van der Waals surface area contributed by atoms with Gasteiger partial charge in [-0.25, -0.2) is 9.97 Å². The Morgan fingerprint density at radius 1 is 1.14 bits per heavy atom. The van der Waals surface area contributed by atoms with E-state index in [1.54, 1.807) is 11.0 Å². The molecule has 1 saturated heterocycles. The molecule has 150 valence electrons. The van der Waals surface area contributed by atoms with Crippen LogP contribution < -0.4 is 5.32 Å². The Hall–Kier alpha value is -2.51. The lowest BCUT2D eigenvalue weighted by atomic mass is 10.2. The molecule has 2 heterocycles. The fraction of sp³-hybridized carbons (Fsp3) is 0.476. The maximum absolute atomic E-state index is 12.8. The summed E-state index contributed by atoms with van der Waals surface area (Å²) in [6.07, 6.45) is 0. The van der Waals surface area contributed by atoms with E-state index in [0.29, 0.717) is 30.4 Å². The van der Waals surface area contributed by atoms with Gasteiger partial charge in [0.2, 0.25) is 0 Å². The Morgan fingerprint density at radius 2 is 1.86 bits per heavy atom. The maximum atomic E-state index is 12.8. The van der Waals surface area contributed by atoms with Crippen molar-refractivity contribution in [3.63, 3.8) is 0 Å². The number of morpholine rings is 1. The lowest BCUT2D eigenvalue weighted by Gasteiger charge is -2.26. The molecule has 7 nitrogen and oxygen atoms in total. The summed E-state index contributed by atoms with van der Waals surface area (Å²) in [6, 6.07) is 11.5. The molecule has 1 aromatic heterocycles. The van der Waals surface area contributed by atoms with E-state index in [1.807, 2.05) is 44.2 Å². The Bertz CT molecular complexity index is 759. The van der Waals surface area contributed by atoms with Crippen LogP contribution in [0.25, 0.3) is 11.4 Å². The first kappa shape index (κ1) is 20.2. The first-order chi connectivity index (χ1) is 13.7. The molecular weight excluding hydrogens is 354 g/mol. The third-order valence-electron chi connectivity index (χ3n) is 4.87. The third kappa shape index (κ3) is 5.27. The number of aromatic nitrogens is 2. The molecule has 0 bridgehead atoms. The molecule has 2 aromatic rings. The van der Waals surface area contributed by atoms with Gasteiger partial charge in [0, 0.05) is 50.9 Å². The van der Waals surface area contributed by atoms with Gasteiger partial charge in [-0.15, -0.1) is 0 Å². The number of hydrogen-bond donors (Lipinski definition) is 1. The summed E-state index contributed by atoms with van der Waals surface area (Å²) in [5.74, 6) is 1.17. The lowest BCUT2D eigenvalue weighted by Crippen LogP contribution is -2.39. The minimum Gasteiger partial charge on any atom is -0.379 e. The number of nitrogens with zero attached hydrogens (tertiary/aromatic N) is 4. The van der Waals surface area contributed by atoms with Crippen LogP contribution >= 0.6 is 0 Å². The minimum absolute atomic E-state index is 0.0687. The zero-order chi connectivity index (χ0) is 19.8. The van der Waals surface area contributed by atoms with E-state index in [1.165, 1.54) is 0 Å². The number of nitrogens with one attached hydrogen (secondary N) is 1. The largest absolute Gasteiger partial charge is 0.379 e. The number of rotatable bonds is 8. The van der Waals surface area contributed by atoms with Crippen molar-refractivity contribution < 1.29 is 9.53 Å². The standard InChI is InChI=1S/C21H29N5O2/c1-3-26(4-2)21(27)18-16-19(22-10-11-25-12-14-28-15-13-25)24-20(23-18)17-8-6-5-7-9-17/h5-9,16H,3-4,10-15H2,1-2H3,(H,22,23,24). The van der Waals surface area contributed by atoms with Gasteiger partial charge in [0.05, 0.1) is 13.2 Å². The summed E-state index contributed by atoms with van der Waals surface area (Å²) in [6.45, 7) is 10.4. The van der Waals surface area contributed by atoms with Crippen molar-refractivity contribution >= 4 is 11.7 Å². The van der Waals surface area contributed by atoms with Crippen LogP contribution in [0.5, 0.6) is 0 Å². The van der Waals surface area contributed by atoms with Crippen LogP contribution in [0.3, 0.4) is 0 Å². The Morgan fingerprint density at radius 3 is 2.54 bits per heavy atom. The van der Waals surface area contributed by atoms with E-state index in [0.717, 1.165) is 45.0 Å². The van der Waals surface area contributed by atoms with E-state index in [4.69, 9.17) is 4.74 Å². The molecule has 1 aromatic carbocycles. The van der Waals surface area contributed by atoms with Crippen molar-refractivity contribution in [3.8, 4) is 11.4 Å². The van der Waals surface area contributed by atoms with Gasteiger partial charge in [0.1, 0.15) is 11.5 Å². The molecule has 1 amide bonds. The summed E-state index contributed by atoms with van der Waals surface area (Å²) in [4.78, 5) is 26.2. The lowest BCUT2D eigenvalue weighted by molar-refractivity contribution is 0.0398. The quantitative estimate of drug-likeness (QED) is 0.755. The van der Waals surface area contributed by atoms with Crippen LogP contribution in [0, 0.1) is 0 Å². The van der Waals surface area contributed by atoms with Crippen molar-refractivity contribution in [2.24, 2.45) is 0 Å². The number of benzene rings is 1. The number of carbonyl (C=O) groups excluding carboxylic acids is 1. The first-order valence-corrected chi connectivity index (χ1v) is 9.99. The Kier molecular flexibility index (Phi) is 7.33. The summed E-state index contributed by atoms with van der Waals surface area (Å²) in [5.41, 5.74) is 1.32. The van der Waals surface area contributed by atoms with Crippen LogP contribution in [-0.2, 0) is 4.74 Å². The molecule has 0 unspecified atom stereocenters. The smallest absolute Gasteiger partial charge is 0.272 e. The van der Waals surface area contributed by atoms with Gasteiger partial charge in [-0.2, -0.15) is 0 Å². The number of amides is 1. The van der Waals surface area contributed by atoms with Gasteiger partial charge in [0.25, 0.3) is 5.91 Å². The summed E-state index contributed by atoms with van der Waals surface area (Å²) in [5, 5.41) is 3.37. The van der Waals surface area contributed by atoms with Crippen molar-refractivity contribution in [2.45, 2.75) is 13.8 Å². The third-order valence-corrected chi connectivity index (χ3v) is 4.87. The Balaban J connectivity index is 1.79. The highest BCUT2D eigenvalue weighted by molar-refractivity contribution is 5.93. The minimum atomic E-state index is -0.0687. The molecule has 3 rings (SSSR count). The van der Waals surface area contributed by atoms with E-state index >= 15 is 0 Å². The number of carbonyl (C=O) groups is 1. The highest BCUT2D eigenvalue weighted by Gasteiger charge is 2.17. The summed E-state index contributed by atoms with van der Waals surface area (Å²) in [7, 11) is 0. The van der Waals surface area contributed by atoms with Crippen molar-refractivity contribution in [1.82, 2.24) is 19.8 Å². The zero-order valence-electron chi connectivity index (χ0n) is 16.7. The van der Waals surface area contributed by atoms with E-state index < -0.39 is 0 Å². The van der Waals surface area contributed by atoms with Gasteiger partial charge >= 0.3 is 0 Å². The molecule has 0 atom stereocenters. The molecule has 0 saturated carbocycles. The number of anilines is 1. The summed E-state index contributed by atoms with van der Waals surface area (Å²) < 4.78 is 5.39. The zero-order valence-corrected chi connectivity index (χ0v) is 16.7. The van der Waals surface area contributed by atoms with Crippen LogP contribution in [0.15, 0.2) is 36.4 Å². The van der Waals surface area contributed by atoms with E-state index in [-0.39, 0.29) is 5.91 Å². The fourth-order valence-corrected chi connectivity index (χ4v) is 3.20. The monoisotopic (exact) mass is 383 g/mol. The van der Waals surface area contributed by atoms with Crippen LogP contribution in [-0.4, -0.2) is 78.2 Å². The molecule has 1 aliphatic rings. The molecule has 0 spiro atoms. The topological polar surface area (TPSA) is 70.6 Å². The van der Waals surface area contributed by atoms with Gasteiger partial charge in [-0.05, 0) is 13.8 Å². The molecule has 1 fully saturated rings. The van der Waals surface area contributed by atoms with Crippen molar-refractivity contribution in [2.75, 3.05) is 57.8 Å². The number of ether oxygens (including phenoxy) is 1. The molecule has 0 radical (unpaired) electrons. The van der Waals surface area contributed by atoms with Crippen molar-refractivity contribution in [3.05, 3.63) is 42.1 Å². The van der Waals surface area contributed by atoms with Gasteiger partial charge in [-0.1, -0.05) is 30.3 Å². The van der Waals surface area contributed by atoms with E-state index in [9.17, 15) is 4.79 Å². The second-order valence-corrected chi connectivity index (χ2v) is 6.69. The van der Waals surface area contributed by atoms with Crippen LogP contribution in [0.2, 0.25) is 0 Å². The predicted octanol–water partition coefficient (Wildman–Crippen LogP) is 2.37. The predicted molar refractivity (Wildman–Crippen MR) is 110 cm³/mol. The van der Waals surface area contributed by atoms with Gasteiger partial charge in [0.15, 0.2) is 5.82 Å². The van der Waals surface area contributed by atoms with Gasteiger partial charge < -0.3 is 15.0 Å². The normalized spacial score (nSPS) is 14.6. The average molecular weight is 383 g/mol. The molecule has 0 aliphatic carbocycles. The highest BCUT2D eigenvalue weighted by atomic mass is 16.5. The van der Waals surface area contributed by atoms with Gasteiger partial charge in [-0.3, -0.25) is 9.69 Å². The van der Waals surface area contributed by atoms with Crippen LogP contribution in [0.4, 0.5) is 5.82 Å². The second kappa shape index (κ2) is 10.1. The maximum Gasteiger partial charge on any atom is 0.272 e. The Labute approximate surface area is 166 Å². The van der Waals surface area contributed by atoms with E-state index in [2.05, 4.69) is 20.2 Å². The highest BCUT2D eigenvalue weighted by Crippen LogP contribution is 2.18. The van der Waals surface area contributed by atoms with Crippen molar-refractivity contribution in [1.29, 1.82) is 0 Å². The first-order valence-electron chi connectivity index (χ1n) is 9.99. The molecule has 7 heteroatoms. The SMILES string of the molecule is CCN(CC)C(=O)c1cc(NCCN2CCOCC2)nc(-c2ccccc2)n1. The molecule has 1 aliphatic heterocycles. The molecule has 1 N–H and O–H groups in total. The fourth-order valence-electron chi connectivity index (χ4n) is 3.20. The summed E-state index contributed by atoms with van der Waals surface area (Å²) >= 11 is 0. The van der Waals surface area contributed by atoms with Crippen LogP contribution in [0.1, 0.15) is 24.3 Å². The second-order valence-electron chi connectivity index (χ2n) is 6.69. The molecule has 28 heavy (non-hydrogen) atoms. The average Bonchev–Trinajstić information content (AvgIpc) is 2.76.